The Labute approximate surface area is 172 Å². The van der Waals surface area contributed by atoms with Crippen molar-refractivity contribution in [2.75, 3.05) is 18.2 Å². The summed E-state index contributed by atoms with van der Waals surface area (Å²) >= 11 is 1.30. The minimum absolute atomic E-state index is 0.106. The summed E-state index contributed by atoms with van der Waals surface area (Å²) in [6, 6.07) is 21.5. The number of benzene rings is 3. The van der Waals surface area contributed by atoms with Gasteiger partial charge in [0, 0.05) is 11.1 Å². The molecule has 0 saturated heterocycles. The Morgan fingerprint density at radius 3 is 2.69 bits per heavy atom. The van der Waals surface area contributed by atoms with E-state index < -0.39 is 0 Å². The second-order valence-electron chi connectivity index (χ2n) is 6.33. The van der Waals surface area contributed by atoms with Crippen LogP contribution in [0.5, 0.6) is 5.75 Å². The summed E-state index contributed by atoms with van der Waals surface area (Å²) in [7, 11) is 1.63. The van der Waals surface area contributed by atoms with Crippen LogP contribution < -0.4 is 10.1 Å². The SMILES string of the molecule is COc1ccc(Cn2nnnc2SCC(=O)Nc2cccc3ccccc23)cc1. The van der Waals surface area contributed by atoms with Gasteiger partial charge >= 0.3 is 0 Å². The molecule has 1 N–H and O–H groups in total. The second-order valence-corrected chi connectivity index (χ2v) is 7.27. The van der Waals surface area contributed by atoms with Crippen LogP contribution in [0, 0.1) is 0 Å². The third-order valence-corrected chi connectivity index (χ3v) is 5.34. The van der Waals surface area contributed by atoms with Crippen molar-refractivity contribution in [3.8, 4) is 5.75 Å². The van der Waals surface area contributed by atoms with Gasteiger partial charge in [-0.25, -0.2) is 4.68 Å². The highest BCUT2D eigenvalue weighted by Crippen LogP contribution is 2.23. The van der Waals surface area contributed by atoms with Crippen LogP contribution in [0.3, 0.4) is 0 Å². The van der Waals surface area contributed by atoms with E-state index in [0.717, 1.165) is 27.8 Å². The Morgan fingerprint density at radius 2 is 1.86 bits per heavy atom. The number of nitrogens with one attached hydrogen (secondary N) is 1. The van der Waals surface area contributed by atoms with E-state index in [9.17, 15) is 4.79 Å². The van der Waals surface area contributed by atoms with Crippen LogP contribution >= 0.6 is 11.8 Å². The number of aromatic nitrogens is 4. The normalized spacial score (nSPS) is 10.8. The number of amides is 1. The summed E-state index contributed by atoms with van der Waals surface area (Å²) in [5.74, 6) is 0.905. The van der Waals surface area contributed by atoms with Crippen molar-refractivity contribution >= 4 is 34.1 Å². The molecular weight excluding hydrogens is 386 g/mol. The second kappa shape index (κ2) is 8.74. The van der Waals surface area contributed by atoms with Crippen LogP contribution in [-0.2, 0) is 11.3 Å². The summed E-state index contributed by atoms with van der Waals surface area (Å²) in [6.07, 6.45) is 0. The van der Waals surface area contributed by atoms with Gasteiger partial charge in [-0.15, -0.1) is 5.10 Å². The Morgan fingerprint density at radius 1 is 1.07 bits per heavy atom. The average molecular weight is 405 g/mol. The molecule has 146 valence electrons. The fraction of sp³-hybridized carbons (Fsp3) is 0.143. The first-order valence-electron chi connectivity index (χ1n) is 9.02. The molecule has 0 atom stereocenters. The van der Waals surface area contributed by atoms with Gasteiger partial charge in [-0.3, -0.25) is 4.79 Å². The molecule has 4 aromatic rings. The molecule has 0 radical (unpaired) electrons. The van der Waals surface area contributed by atoms with E-state index in [1.54, 1.807) is 11.8 Å². The monoisotopic (exact) mass is 405 g/mol. The van der Waals surface area contributed by atoms with Gasteiger partial charge in [0.05, 0.1) is 19.4 Å². The van der Waals surface area contributed by atoms with E-state index in [4.69, 9.17) is 4.74 Å². The number of thioether (sulfide) groups is 1. The molecular formula is C21H19N5O2S. The lowest BCUT2D eigenvalue weighted by atomic mass is 10.1. The largest absolute Gasteiger partial charge is 0.497 e. The number of tetrazole rings is 1. The molecule has 0 aliphatic rings. The molecule has 0 aliphatic carbocycles. The number of carbonyl (C=O) groups is 1. The van der Waals surface area contributed by atoms with Crippen LogP contribution in [0.4, 0.5) is 5.69 Å². The van der Waals surface area contributed by atoms with Crippen molar-refractivity contribution < 1.29 is 9.53 Å². The lowest BCUT2D eigenvalue weighted by molar-refractivity contribution is -0.113. The fourth-order valence-electron chi connectivity index (χ4n) is 2.95. The minimum atomic E-state index is -0.106. The standard InChI is InChI=1S/C21H19N5O2S/c1-28-17-11-9-15(10-12-17)13-26-21(23-24-25-26)29-14-20(27)22-19-8-4-6-16-5-2-3-7-18(16)19/h2-12H,13-14H2,1H3,(H,22,27). The van der Waals surface area contributed by atoms with Gasteiger partial charge in [-0.05, 0) is 39.6 Å². The van der Waals surface area contributed by atoms with Gasteiger partial charge in [-0.1, -0.05) is 60.3 Å². The number of hydrogen-bond donors (Lipinski definition) is 1. The summed E-state index contributed by atoms with van der Waals surface area (Å²) < 4.78 is 6.85. The van der Waals surface area contributed by atoms with Crippen molar-refractivity contribution in [2.45, 2.75) is 11.7 Å². The number of carbonyl (C=O) groups excluding carboxylic acids is 1. The maximum absolute atomic E-state index is 12.5. The summed E-state index contributed by atoms with van der Waals surface area (Å²) in [5, 5.41) is 17.5. The predicted molar refractivity (Wildman–Crippen MR) is 113 cm³/mol. The molecule has 1 amide bonds. The van der Waals surface area contributed by atoms with Crippen molar-refractivity contribution in [1.82, 2.24) is 20.2 Å². The molecule has 3 aromatic carbocycles. The van der Waals surface area contributed by atoms with Crippen molar-refractivity contribution in [1.29, 1.82) is 0 Å². The number of rotatable bonds is 7. The molecule has 0 unspecified atom stereocenters. The number of anilines is 1. The van der Waals surface area contributed by atoms with Gasteiger partial charge in [0.15, 0.2) is 0 Å². The van der Waals surface area contributed by atoms with Gasteiger partial charge in [0.1, 0.15) is 5.75 Å². The quantitative estimate of drug-likeness (QED) is 0.473. The molecule has 8 heteroatoms. The van der Waals surface area contributed by atoms with Crippen LogP contribution in [0.2, 0.25) is 0 Å². The van der Waals surface area contributed by atoms with Crippen LogP contribution in [0.1, 0.15) is 5.56 Å². The average Bonchev–Trinajstić information content (AvgIpc) is 3.20. The highest BCUT2D eigenvalue weighted by molar-refractivity contribution is 7.99. The summed E-state index contributed by atoms with van der Waals surface area (Å²) in [5.41, 5.74) is 1.84. The van der Waals surface area contributed by atoms with E-state index in [0.29, 0.717) is 11.7 Å². The Kier molecular flexibility index (Phi) is 5.71. The highest BCUT2D eigenvalue weighted by atomic mass is 32.2. The van der Waals surface area contributed by atoms with E-state index in [1.165, 1.54) is 11.8 Å². The topological polar surface area (TPSA) is 81.9 Å². The number of hydrogen-bond acceptors (Lipinski definition) is 6. The Hall–Kier alpha value is -3.39. The van der Waals surface area contributed by atoms with E-state index in [2.05, 4.69) is 20.8 Å². The van der Waals surface area contributed by atoms with E-state index in [-0.39, 0.29) is 11.7 Å². The van der Waals surface area contributed by atoms with Crippen molar-refractivity contribution in [3.05, 3.63) is 72.3 Å². The Balaban J connectivity index is 1.39. The van der Waals surface area contributed by atoms with Crippen molar-refractivity contribution in [3.63, 3.8) is 0 Å². The third kappa shape index (κ3) is 4.55. The van der Waals surface area contributed by atoms with Gasteiger partial charge in [-0.2, -0.15) is 0 Å². The van der Waals surface area contributed by atoms with Gasteiger partial charge < -0.3 is 10.1 Å². The van der Waals surface area contributed by atoms with E-state index >= 15 is 0 Å². The van der Waals surface area contributed by atoms with Gasteiger partial charge in [0.25, 0.3) is 0 Å². The zero-order chi connectivity index (χ0) is 20.1. The fourth-order valence-corrected chi connectivity index (χ4v) is 3.63. The maximum Gasteiger partial charge on any atom is 0.234 e. The molecule has 1 aromatic heterocycles. The lowest BCUT2D eigenvalue weighted by Gasteiger charge is -2.09. The molecule has 4 rings (SSSR count). The summed E-state index contributed by atoms with van der Waals surface area (Å²) in [6.45, 7) is 0.518. The first kappa shape index (κ1) is 18.9. The molecule has 1 heterocycles. The molecule has 0 spiro atoms. The number of ether oxygens (including phenoxy) is 1. The maximum atomic E-state index is 12.5. The third-order valence-electron chi connectivity index (χ3n) is 4.39. The van der Waals surface area contributed by atoms with Crippen LogP contribution in [-0.4, -0.2) is 39.0 Å². The zero-order valence-electron chi connectivity index (χ0n) is 15.8. The number of nitrogens with zero attached hydrogens (tertiary/aromatic N) is 4. The molecule has 0 saturated carbocycles. The van der Waals surface area contributed by atoms with Crippen LogP contribution in [0.15, 0.2) is 71.9 Å². The molecule has 0 bridgehead atoms. The number of methoxy groups -OCH3 is 1. The minimum Gasteiger partial charge on any atom is -0.497 e. The van der Waals surface area contributed by atoms with E-state index in [1.807, 2.05) is 66.7 Å². The molecule has 7 nitrogen and oxygen atoms in total. The summed E-state index contributed by atoms with van der Waals surface area (Å²) in [4.78, 5) is 12.5. The van der Waals surface area contributed by atoms with Gasteiger partial charge in [0.2, 0.25) is 11.1 Å². The van der Waals surface area contributed by atoms with Crippen LogP contribution in [0.25, 0.3) is 10.8 Å². The molecule has 0 fully saturated rings. The molecule has 29 heavy (non-hydrogen) atoms. The first-order valence-corrected chi connectivity index (χ1v) is 10.0. The highest BCUT2D eigenvalue weighted by Gasteiger charge is 2.12. The van der Waals surface area contributed by atoms with Crippen molar-refractivity contribution in [2.24, 2.45) is 0 Å². The zero-order valence-corrected chi connectivity index (χ0v) is 16.6. The number of fused-ring (bicyclic) bond motifs is 1. The predicted octanol–water partition coefficient (Wildman–Crippen LogP) is 3.61. The Bertz CT molecular complexity index is 1120. The molecule has 0 aliphatic heterocycles. The lowest BCUT2D eigenvalue weighted by Crippen LogP contribution is -2.15. The smallest absolute Gasteiger partial charge is 0.234 e. The first-order chi connectivity index (χ1) is 14.2.